The third kappa shape index (κ3) is 4.10. The predicted octanol–water partition coefficient (Wildman–Crippen LogP) is 13.4. The third-order valence-electron chi connectivity index (χ3n) is 13.5. The fraction of sp³-hybridized carbons (Fsp3) is 0.478. The highest BCUT2D eigenvalue weighted by molar-refractivity contribution is 6.12. The Labute approximate surface area is 279 Å². The van der Waals surface area contributed by atoms with Gasteiger partial charge in [0, 0.05) is 10.8 Å². The minimum absolute atomic E-state index is 0.0313. The molecule has 1 unspecified atom stereocenters. The van der Waals surface area contributed by atoms with Crippen molar-refractivity contribution in [3.05, 3.63) is 106 Å². The quantitative estimate of drug-likeness (QED) is 0.196. The van der Waals surface area contributed by atoms with Crippen LogP contribution in [-0.4, -0.2) is 0 Å². The van der Waals surface area contributed by atoms with Crippen LogP contribution in [0, 0.1) is 17.3 Å². The van der Waals surface area contributed by atoms with E-state index in [1.807, 2.05) is 0 Å². The van der Waals surface area contributed by atoms with Crippen molar-refractivity contribution in [3.8, 4) is 11.1 Å². The topological polar surface area (TPSA) is 0 Å². The van der Waals surface area contributed by atoms with Crippen molar-refractivity contribution in [1.29, 1.82) is 0 Å². The maximum Gasteiger partial charge on any atom is 0.0437 e. The highest BCUT2D eigenvalue weighted by Crippen LogP contribution is 2.64. The van der Waals surface area contributed by atoms with Crippen molar-refractivity contribution in [2.75, 3.05) is 0 Å². The van der Waals surface area contributed by atoms with E-state index in [1.54, 1.807) is 33.4 Å². The van der Waals surface area contributed by atoms with Gasteiger partial charge in [-0.2, -0.15) is 0 Å². The molecule has 0 saturated heterocycles. The van der Waals surface area contributed by atoms with Crippen molar-refractivity contribution < 1.29 is 0 Å². The molecule has 0 N–H and O–H groups in total. The summed E-state index contributed by atoms with van der Waals surface area (Å²) in [4.78, 5) is 0. The van der Waals surface area contributed by atoms with Crippen LogP contribution in [0.4, 0.5) is 0 Å². The molecule has 3 aliphatic rings. The zero-order chi connectivity index (χ0) is 33.0. The number of benzene rings is 4. The summed E-state index contributed by atoms with van der Waals surface area (Å²) in [5.41, 5.74) is 13.9. The van der Waals surface area contributed by atoms with Crippen molar-refractivity contribution in [3.63, 3.8) is 0 Å². The summed E-state index contributed by atoms with van der Waals surface area (Å²) < 4.78 is 0. The van der Waals surface area contributed by atoms with Gasteiger partial charge in [-0.15, -0.1) is 0 Å². The fourth-order valence-corrected chi connectivity index (χ4v) is 9.65. The van der Waals surface area contributed by atoms with Gasteiger partial charge in [-0.25, -0.2) is 0 Å². The predicted molar refractivity (Wildman–Crippen MR) is 201 cm³/mol. The molecule has 0 aromatic heterocycles. The lowest BCUT2D eigenvalue weighted by Crippen LogP contribution is -2.34. The summed E-state index contributed by atoms with van der Waals surface area (Å²) in [6, 6.07) is 22.1. The second-order valence-electron chi connectivity index (χ2n) is 17.0. The number of rotatable bonds is 7. The zero-order valence-electron chi connectivity index (χ0n) is 30.5. The van der Waals surface area contributed by atoms with Gasteiger partial charge in [0.25, 0.3) is 0 Å². The molecule has 1 atom stereocenters. The largest absolute Gasteiger partial charge is 0.0657 e. The molecule has 3 aliphatic carbocycles. The average Bonchev–Trinajstić information content (AvgIpc) is 3.27. The number of allylic oxidation sites excluding steroid dienone is 4. The van der Waals surface area contributed by atoms with Crippen LogP contribution in [0.3, 0.4) is 0 Å². The van der Waals surface area contributed by atoms with Crippen molar-refractivity contribution >= 4 is 21.5 Å². The maximum atomic E-state index is 2.76. The van der Waals surface area contributed by atoms with Crippen molar-refractivity contribution in [2.45, 2.75) is 125 Å². The standard InChI is InChI=1S/C46H56/c1-12-28(13-2)32-22-33(29(14-3)15-4)27-46(26-32)36-21-20-31-23-34(45(10,11)43(5,6)7)25-37-39(31)40(36)41-38(46)24-30-18-16-17-19-35(30)42(41)44(37,8)9/h16-26,28-29H,12-15,27H2,1-11H3. The first-order valence-electron chi connectivity index (χ1n) is 18.4. The molecule has 4 aromatic carbocycles. The van der Waals surface area contributed by atoms with Crippen LogP contribution >= 0.6 is 0 Å². The first-order valence-corrected chi connectivity index (χ1v) is 18.4. The van der Waals surface area contributed by atoms with E-state index in [4.69, 9.17) is 0 Å². The van der Waals surface area contributed by atoms with Crippen LogP contribution in [0.25, 0.3) is 32.7 Å². The van der Waals surface area contributed by atoms with E-state index in [2.05, 4.69) is 143 Å². The highest BCUT2D eigenvalue weighted by Gasteiger charge is 2.51. The fourth-order valence-electron chi connectivity index (χ4n) is 9.65. The Bertz CT molecular complexity index is 1940. The number of hydrogen-bond donors (Lipinski definition) is 0. The van der Waals surface area contributed by atoms with Gasteiger partial charge in [0.15, 0.2) is 0 Å². The Hall–Kier alpha value is -3.12. The average molecular weight is 609 g/mol. The first kappa shape index (κ1) is 31.5. The first-order chi connectivity index (χ1) is 21.7. The highest BCUT2D eigenvalue weighted by atomic mass is 14.5. The zero-order valence-corrected chi connectivity index (χ0v) is 30.5. The van der Waals surface area contributed by atoms with Crippen LogP contribution in [0.2, 0.25) is 0 Å². The van der Waals surface area contributed by atoms with E-state index < -0.39 is 0 Å². The monoisotopic (exact) mass is 608 g/mol. The van der Waals surface area contributed by atoms with E-state index in [0.29, 0.717) is 11.8 Å². The molecule has 0 bridgehead atoms. The molecule has 46 heavy (non-hydrogen) atoms. The lowest BCUT2D eigenvalue weighted by Gasteiger charge is -2.42. The minimum Gasteiger partial charge on any atom is -0.0657 e. The lowest BCUT2D eigenvalue weighted by atomic mass is 9.62. The normalized spacial score (nSPS) is 19.9. The minimum atomic E-state index is -0.136. The molecular formula is C46H56. The molecule has 7 rings (SSSR count). The van der Waals surface area contributed by atoms with Crippen LogP contribution in [-0.2, 0) is 16.2 Å². The summed E-state index contributed by atoms with van der Waals surface area (Å²) in [7, 11) is 0. The third-order valence-corrected chi connectivity index (χ3v) is 13.5. The molecular weight excluding hydrogens is 553 g/mol. The molecule has 0 fully saturated rings. The number of hydrogen-bond acceptors (Lipinski definition) is 0. The van der Waals surface area contributed by atoms with Gasteiger partial charge >= 0.3 is 0 Å². The summed E-state index contributed by atoms with van der Waals surface area (Å²) in [5, 5.41) is 5.73. The van der Waals surface area contributed by atoms with E-state index in [0.717, 1.165) is 6.42 Å². The van der Waals surface area contributed by atoms with Gasteiger partial charge in [0.2, 0.25) is 0 Å². The molecule has 0 heteroatoms. The summed E-state index contributed by atoms with van der Waals surface area (Å²) >= 11 is 0. The van der Waals surface area contributed by atoms with Crippen molar-refractivity contribution in [2.24, 2.45) is 17.3 Å². The molecule has 0 radical (unpaired) electrons. The molecule has 4 aromatic rings. The Kier molecular flexibility index (Phi) is 7.14. The molecule has 0 saturated carbocycles. The molecule has 1 spiro atoms. The van der Waals surface area contributed by atoms with E-state index in [-0.39, 0.29) is 21.7 Å². The second-order valence-corrected chi connectivity index (χ2v) is 17.0. The summed E-state index contributed by atoms with van der Waals surface area (Å²) in [6.07, 6.45) is 11.3. The molecule has 0 amide bonds. The van der Waals surface area contributed by atoms with Gasteiger partial charge in [0.05, 0.1) is 0 Å². The Morgan fingerprint density at radius 2 is 1.37 bits per heavy atom. The second kappa shape index (κ2) is 10.4. The van der Waals surface area contributed by atoms with Gasteiger partial charge in [-0.1, -0.05) is 142 Å². The SMILES string of the molecule is CCC(CC)C1=CC2(CC(C(CC)CC)=C1)c1cc3ccccc3c3c1-c1c2ccc2cc(C(C)(C)C(C)(C)C)cc(c12)C3(C)C. The van der Waals surface area contributed by atoms with Crippen LogP contribution in [0.1, 0.15) is 136 Å². The summed E-state index contributed by atoms with van der Waals surface area (Å²) in [5.74, 6) is 1.22. The summed E-state index contributed by atoms with van der Waals surface area (Å²) in [6.45, 7) is 26.7. The van der Waals surface area contributed by atoms with Gasteiger partial charge in [-0.05, 0) is 127 Å². The molecule has 0 nitrogen and oxygen atoms in total. The van der Waals surface area contributed by atoms with E-state index in [9.17, 15) is 0 Å². The Morgan fingerprint density at radius 3 is 2.02 bits per heavy atom. The maximum absolute atomic E-state index is 2.76. The van der Waals surface area contributed by atoms with Gasteiger partial charge in [0.1, 0.15) is 0 Å². The van der Waals surface area contributed by atoms with Crippen LogP contribution < -0.4 is 0 Å². The van der Waals surface area contributed by atoms with Gasteiger partial charge in [-0.3, -0.25) is 0 Å². The smallest absolute Gasteiger partial charge is 0.0437 e. The Balaban J connectivity index is 1.65. The van der Waals surface area contributed by atoms with Gasteiger partial charge < -0.3 is 0 Å². The van der Waals surface area contributed by atoms with Crippen LogP contribution in [0.15, 0.2) is 77.9 Å². The van der Waals surface area contributed by atoms with E-state index >= 15 is 0 Å². The van der Waals surface area contributed by atoms with Crippen molar-refractivity contribution in [1.82, 2.24) is 0 Å². The lowest BCUT2D eigenvalue weighted by molar-refractivity contribution is 0.225. The molecule has 0 heterocycles. The Morgan fingerprint density at radius 1 is 0.696 bits per heavy atom. The van der Waals surface area contributed by atoms with E-state index in [1.165, 1.54) is 63.9 Å². The molecule has 0 aliphatic heterocycles. The molecule has 240 valence electrons. The van der Waals surface area contributed by atoms with Crippen LogP contribution in [0.5, 0.6) is 0 Å². The number of fused-ring (bicyclic) bond motifs is 4.